The zero-order valence-corrected chi connectivity index (χ0v) is 11.5. The standard InChI is InChI=1S/C10H15N3O6S/c1-18-10(12)5(14)13-2-9(7(15)16,3-19-8(11)17)4-20-6(10)13/h6H,2-4,12H2,1H3,(H2,11,17)(H,15,16)/t6-,9?,10?/m1/s1. The van der Waals surface area contributed by atoms with E-state index in [0.29, 0.717) is 0 Å². The maximum atomic E-state index is 11.9. The maximum Gasteiger partial charge on any atom is 0.404 e. The second-order valence-electron chi connectivity index (χ2n) is 4.79. The lowest BCUT2D eigenvalue weighted by molar-refractivity contribution is -0.192. The van der Waals surface area contributed by atoms with Crippen molar-refractivity contribution in [3.05, 3.63) is 0 Å². The molecule has 10 heteroatoms. The second-order valence-corrected chi connectivity index (χ2v) is 5.86. The summed E-state index contributed by atoms with van der Waals surface area (Å²) in [6.45, 7) is -0.500. The van der Waals surface area contributed by atoms with Crippen LogP contribution in [0.15, 0.2) is 0 Å². The van der Waals surface area contributed by atoms with Gasteiger partial charge in [-0.3, -0.25) is 15.3 Å². The third kappa shape index (κ3) is 2.00. The van der Waals surface area contributed by atoms with Gasteiger partial charge in [-0.2, -0.15) is 0 Å². The van der Waals surface area contributed by atoms with Crippen molar-refractivity contribution in [3.8, 4) is 0 Å². The Morgan fingerprint density at radius 1 is 1.60 bits per heavy atom. The number of nitrogens with zero attached hydrogens (tertiary/aromatic N) is 1. The summed E-state index contributed by atoms with van der Waals surface area (Å²) >= 11 is 1.18. The third-order valence-electron chi connectivity index (χ3n) is 3.52. The van der Waals surface area contributed by atoms with Crippen molar-refractivity contribution in [2.24, 2.45) is 16.9 Å². The van der Waals surface area contributed by atoms with Crippen LogP contribution in [0.3, 0.4) is 0 Å². The van der Waals surface area contributed by atoms with E-state index < -0.39 is 41.1 Å². The molecule has 2 fully saturated rings. The molecule has 3 atom stereocenters. The van der Waals surface area contributed by atoms with Gasteiger partial charge in [0, 0.05) is 19.4 Å². The summed E-state index contributed by atoms with van der Waals surface area (Å²) in [5, 5.41) is 8.91. The lowest BCUT2D eigenvalue weighted by atomic mass is 9.87. The normalized spacial score (nSPS) is 36.0. The Hall–Kier alpha value is -1.52. The number of β-lactam (4-membered cyclic amide) rings is 1. The van der Waals surface area contributed by atoms with Gasteiger partial charge in [0.15, 0.2) is 0 Å². The molecule has 0 bridgehead atoms. The lowest BCUT2D eigenvalue weighted by Crippen LogP contribution is -2.81. The van der Waals surface area contributed by atoms with Crippen molar-refractivity contribution in [1.29, 1.82) is 0 Å². The summed E-state index contributed by atoms with van der Waals surface area (Å²) in [6, 6.07) is 0. The van der Waals surface area contributed by atoms with Gasteiger partial charge in [-0.25, -0.2) is 4.79 Å². The number of methoxy groups -OCH3 is 1. The smallest absolute Gasteiger partial charge is 0.404 e. The molecule has 0 aromatic rings. The van der Waals surface area contributed by atoms with Gasteiger partial charge in [-0.15, -0.1) is 11.8 Å². The van der Waals surface area contributed by atoms with Crippen LogP contribution in [-0.4, -0.2) is 65.1 Å². The largest absolute Gasteiger partial charge is 0.481 e. The Kier molecular flexibility index (Phi) is 3.56. The molecule has 2 unspecified atom stereocenters. The van der Waals surface area contributed by atoms with Crippen LogP contribution in [-0.2, 0) is 19.1 Å². The summed E-state index contributed by atoms with van der Waals surface area (Å²) in [5.41, 5.74) is 7.85. The van der Waals surface area contributed by atoms with Crippen molar-refractivity contribution in [2.45, 2.75) is 11.1 Å². The van der Waals surface area contributed by atoms with Gasteiger partial charge in [0.1, 0.15) is 17.4 Å². The molecule has 20 heavy (non-hydrogen) atoms. The predicted octanol–water partition coefficient (Wildman–Crippen LogP) is -1.63. The van der Waals surface area contributed by atoms with E-state index in [1.807, 2.05) is 0 Å². The number of carbonyl (C=O) groups is 3. The molecular weight excluding hydrogens is 290 g/mol. The molecule has 0 aliphatic carbocycles. The first-order valence-corrected chi connectivity index (χ1v) is 6.74. The molecule has 2 heterocycles. The number of fused-ring (bicyclic) bond motifs is 1. The van der Waals surface area contributed by atoms with Gasteiger partial charge in [-0.05, 0) is 0 Å². The average molecular weight is 305 g/mol. The Morgan fingerprint density at radius 2 is 2.25 bits per heavy atom. The van der Waals surface area contributed by atoms with Crippen molar-refractivity contribution in [3.63, 3.8) is 0 Å². The van der Waals surface area contributed by atoms with Gasteiger partial charge < -0.3 is 25.2 Å². The van der Waals surface area contributed by atoms with Gasteiger partial charge in [-0.1, -0.05) is 0 Å². The van der Waals surface area contributed by atoms with Gasteiger partial charge in [0.05, 0.1) is 0 Å². The number of nitrogens with two attached hydrogens (primary N) is 2. The number of primary amides is 1. The summed E-state index contributed by atoms with van der Waals surface area (Å²) in [7, 11) is 1.32. The molecule has 0 aromatic heterocycles. The molecule has 2 aliphatic heterocycles. The highest BCUT2D eigenvalue weighted by molar-refractivity contribution is 8.00. The molecule has 2 amide bonds. The fourth-order valence-electron chi connectivity index (χ4n) is 2.26. The lowest BCUT2D eigenvalue weighted by Gasteiger charge is -2.57. The van der Waals surface area contributed by atoms with E-state index in [-0.39, 0.29) is 12.3 Å². The number of hydrogen-bond donors (Lipinski definition) is 3. The van der Waals surface area contributed by atoms with E-state index in [2.05, 4.69) is 4.74 Å². The van der Waals surface area contributed by atoms with Crippen LogP contribution in [0.1, 0.15) is 0 Å². The minimum Gasteiger partial charge on any atom is -0.481 e. The van der Waals surface area contributed by atoms with Gasteiger partial charge in [0.2, 0.25) is 5.72 Å². The first-order chi connectivity index (χ1) is 9.27. The molecule has 0 aromatic carbocycles. The first kappa shape index (κ1) is 14.9. The number of hydrogen-bond acceptors (Lipinski definition) is 7. The molecule has 5 N–H and O–H groups in total. The zero-order chi connectivity index (χ0) is 15.1. The third-order valence-corrected chi connectivity index (χ3v) is 5.16. The van der Waals surface area contributed by atoms with E-state index in [1.165, 1.54) is 23.8 Å². The highest BCUT2D eigenvalue weighted by atomic mass is 32.2. The zero-order valence-electron chi connectivity index (χ0n) is 10.7. The van der Waals surface area contributed by atoms with Gasteiger partial charge in [0.25, 0.3) is 5.91 Å². The molecule has 9 nitrogen and oxygen atoms in total. The van der Waals surface area contributed by atoms with Crippen LogP contribution in [0.25, 0.3) is 0 Å². The van der Waals surface area contributed by atoms with E-state index in [1.54, 1.807) is 0 Å². The van der Waals surface area contributed by atoms with Crippen LogP contribution in [0.4, 0.5) is 4.79 Å². The number of ether oxygens (including phenoxy) is 2. The van der Waals surface area contributed by atoms with E-state index in [4.69, 9.17) is 16.2 Å². The first-order valence-electron chi connectivity index (χ1n) is 5.69. The Labute approximate surface area is 118 Å². The minimum atomic E-state index is -1.42. The van der Waals surface area contributed by atoms with E-state index >= 15 is 0 Å². The van der Waals surface area contributed by atoms with Crippen LogP contribution in [0.2, 0.25) is 0 Å². The fourth-order valence-corrected chi connectivity index (χ4v) is 3.83. The summed E-state index contributed by atoms with van der Waals surface area (Å²) < 4.78 is 9.61. The average Bonchev–Trinajstić information content (AvgIpc) is 2.43. The number of aliphatic carboxylic acids is 1. The summed E-state index contributed by atoms with van der Waals surface area (Å²) in [6.07, 6.45) is -1.06. The van der Waals surface area contributed by atoms with Crippen LogP contribution in [0.5, 0.6) is 0 Å². The Bertz CT molecular complexity index is 474. The molecule has 2 rings (SSSR count). The number of rotatable bonds is 4. The number of carboxylic acid groups (broad SMARTS) is 1. The number of amides is 2. The predicted molar refractivity (Wildman–Crippen MR) is 67.5 cm³/mol. The van der Waals surface area contributed by atoms with Crippen molar-refractivity contribution in [2.75, 3.05) is 26.0 Å². The minimum absolute atomic E-state index is 0.103. The highest BCUT2D eigenvalue weighted by Gasteiger charge is 2.65. The molecule has 2 aliphatic rings. The second kappa shape index (κ2) is 4.79. The number of thioether (sulfide) groups is 1. The summed E-state index contributed by atoms with van der Waals surface area (Å²) in [5.74, 6) is -1.52. The van der Waals surface area contributed by atoms with Crippen LogP contribution in [0, 0.1) is 5.41 Å². The van der Waals surface area contributed by atoms with Crippen LogP contribution >= 0.6 is 11.8 Å². The monoisotopic (exact) mass is 305 g/mol. The number of carboxylic acids is 1. The Balaban J connectivity index is 2.15. The fraction of sp³-hybridized carbons (Fsp3) is 0.700. The Morgan fingerprint density at radius 3 is 2.75 bits per heavy atom. The van der Waals surface area contributed by atoms with Gasteiger partial charge >= 0.3 is 12.1 Å². The van der Waals surface area contributed by atoms with E-state index in [9.17, 15) is 19.5 Å². The summed E-state index contributed by atoms with van der Waals surface area (Å²) in [4.78, 5) is 35.4. The molecule has 112 valence electrons. The van der Waals surface area contributed by atoms with Crippen molar-refractivity contribution >= 4 is 29.7 Å². The molecule has 0 radical (unpaired) electrons. The van der Waals surface area contributed by atoms with Crippen molar-refractivity contribution in [1.82, 2.24) is 4.90 Å². The molecule has 2 saturated heterocycles. The quantitative estimate of drug-likeness (QED) is 0.414. The van der Waals surface area contributed by atoms with E-state index in [0.717, 1.165) is 0 Å². The topological polar surface area (TPSA) is 145 Å². The maximum absolute atomic E-state index is 11.9. The molecular formula is C10H15N3O6S. The number of carbonyl (C=O) groups excluding carboxylic acids is 2. The SMILES string of the molecule is COC1(N)C(=O)N2CC(COC(N)=O)(C(=O)O)CS[C@@H]21. The molecule has 0 spiro atoms. The van der Waals surface area contributed by atoms with Crippen molar-refractivity contribution < 1.29 is 29.0 Å². The highest BCUT2D eigenvalue weighted by Crippen LogP contribution is 2.46. The van der Waals surface area contributed by atoms with Crippen LogP contribution < -0.4 is 11.5 Å². The molecule has 0 saturated carbocycles.